The molecule has 1 heterocycles. The SMILES string of the molecule is CC1CCOP(N=C=O)O1. The lowest BCUT2D eigenvalue weighted by atomic mass is 10.3. The van der Waals surface area contributed by atoms with Crippen molar-refractivity contribution in [2.45, 2.75) is 19.4 Å². The minimum absolute atomic E-state index is 0.150. The second-order valence-corrected chi connectivity index (χ2v) is 3.11. The van der Waals surface area contributed by atoms with E-state index in [0.717, 1.165) is 6.42 Å². The number of carbonyl (C=O) groups excluding carboxylic acids is 1. The van der Waals surface area contributed by atoms with Gasteiger partial charge < -0.3 is 9.05 Å². The lowest BCUT2D eigenvalue weighted by molar-refractivity contribution is 0.121. The van der Waals surface area contributed by atoms with E-state index in [9.17, 15) is 4.79 Å². The molecule has 0 saturated carbocycles. The van der Waals surface area contributed by atoms with E-state index in [1.54, 1.807) is 0 Å². The summed E-state index contributed by atoms with van der Waals surface area (Å²) in [6.45, 7) is 2.55. The molecule has 0 spiro atoms. The highest BCUT2D eigenvalue weighted by atomic mass is 31.2. The summed E-state index contributed by atoms with van der Waals surface area (Å²) in [6.07, 6.45) is 2.43. The molecular formula is C5H8NO3P. The second kappa shape index (κ2) is 3.79. The van der Waals surface area contributed by atoms with Gasteiger partial charge in [0.1, 0.15) is 0 Å². The molecule has 4 nitrogen and oxygen atoms in total. The highest BCUT2D eigenvalue weighted by molar-refractivity contribution is 7.45. The van der Waals surface area contributed by atoms with Crippen molar-refractivity contribution < 1.29 is 13.8 Å². The van der Waals surface area contributed by atoms with Gasteiger partial charge in [-0.1, -0.05) is 0 Å². The molecule has 0 N–H and O–H groups in total. The number of hydrogen-bond acceptors (Lipinski definition) is 4. The summed E-state index contributed by atoms with van der Waals surface area (Å²) in [6, 6.07) is 0. The molecule has 1 aliphatic heterocycles. The number of hydrogen-bond donors (Lipinski definition) is 0. The molecule has 56 valence electrons. The fourth-order valence-electron chi connectivity index (χ4n) is 0.620. The van der Waals surface area contributed by atoms with Crippen molar-refractivity contribution in [3.8, 4) is 0 Å². The van der Waals surface area contributed by atoms with Gasteiger partial charge in [0, 0.05) is 0 Å². The molecule has 0 aromatic heterocycles. The smallest absolute Gasteiger partial charge is 0.316 e. The third-order valence-corrected chi connectivity index (χ3v) is 2.31. The van der Waals surface area contributed by atoms with Crippen LogP contribution in [-0.4, -0.2) is 18.8 Å². The lowest BCUT2D eigenvalue weighted by Gasteiger charge is -2.21. The molecule has 1 rings (SSSR count). The van der Waals surface area contributed by atoms with E-state index in [-0.39, 0.29) is 6.10 Å². The molecule has 1 saturated heterocycles. The van der Waals surface area contributed by atoms with E-state index in [1.165, 1.54) is 6.08 Å². The van der Waals surface area contributed by atoms with Gasteiger partial charge in [0.05, 0.1) is 12.7 Å². The van der Waals surface area contributed by atoms with Crippen LogP contribution in [0.2, 0.25) is 0 Å². The molecule has 1 aliphatic rings. The van der Waals surface area contributed by atoms with Gasteiger partial charge in [0.15, 0.2) is 0 Å². The zero-order valence-corrected chi connectivity index (χ0v) is 6.51. The molecule has 1 fully saturated rings. The van der Waals surface area contributed by atoms with Crippen molar-refractivity contribution in [3.63, 3.8) is 0 Å². The Bertz CT molecular complexity index is 157. The number of rotatable bonds is 1. The Hall–Kier alpha value is -0.270. The van der Waals surface area contributed by atoms with Crippen LogP contribution in [-0.2, 0) is 13.8 Å². The van der Waals surface area contributed by atoms with Crippen LogP contribution >= 0.6 is 8.53 Å². The average Bonchev–Trinajstić information content (AvgIpc) is 1.88. The number of isocyanates is 1. The summed E-state index contributed by atoms with van der Waals surface area (Å²) in [5.74, 6) is 0. The Morgan fingerprint density at radius 3 is 3.20 bits per heavy atom. The Balaban J connectivity index is 2.39. The first-order valence-corrected chi connectivity index (χ1v) is 4.13. The van der Waals surface area contributed by atoms with Crippen molar-refractivity contribution in [2.75, 3.05) is 6.61 Å². The normalized spacial score (nSPS) is 32.9. The topological polar surface area (TPSA) is 47.9 Å². The van der Waals surface area contributed by atoms with Crippen LogP contribution in [0.15, 0.2) is 4.76 Å². The van der Waals surface area contributed by atoms with Crippen LogP contribution in [0.4, 0.5) is 0 Å². The maximum atomic E-state index is 9.74. The van der Waals surface area contributed by atoms with Crippen molar-refractivity contribution in [3.05, 3.63) is 0 Å². The fraction of sp³-hybridized carbons (Fsp3) is 0.800. The zero-order chi connectivity index (χ0) is 7.40. The van der Waals surface area contributed by atoms with Crippen LogP contribution in [0.25, 0.3) is 0 Å². The largest absolute Gasteiger partial charge is 0.321 e. The Kier molecular flexibility index (Phi) is 2.97. The molecule has 0 aromatic rings. The molecular weight excluding hydrogens is 153 g/mol. The molecule has 0 aromatic carbocycles. The molecule has 0 amide bonds. The van der Waals surface area contributed by atoms with Gasteiger partial charge in [0.25, 0.3) is 0 Å². The first-order chi connectivity index (χ1) is 4.83. The van der Waals surface area contributed by atoms with Crippen molar-refractivity contribution in [2.24, 2.45) is 4.76 Å². The minimum atomic E-state index is -1.31. The minimum Gasteiger partial charge on any atom is -0.316 e. The Morgan fingerprint density at radius 2 is 2.60 bits per heavy atom. The summed E-state index contributed by atoms with van der Waals surface area (Å²) in [4.78, 5) is 9.74. The third-order valence-electron chi connectivity index (χ3n) is 1.12. The zero-order valence-electron chi connectivity index (χ0n) is 5.61. The maximum absolute atomic E-state index is 9.74. The summed E-state index contributed by atoms with van der Waals surface area (Å²) >= 11 is 0. The monoisotopic (exact) mass is 161 g/mol. The van der Waals surface area contributed by atoms with Gasteiger partial charge in [-0.2, -0.15) is 0 Å². The summed E-state index contributed by atoms with van der Waals surface area (Å²) in [5, 5.41) is 0. The van der Waals surface area contributed by atoms with E-state index in [1.807, 2.05) is 6.92 Å². The van der Waals surface area contributed by atoms with Crippen LogP contribution in [0.3, 0.4) is 0 Å². The first-order valence-electron chi connectivity index (χ1n) is 3.00. The van der Waals surface area contributed by atoms with Crippen LogP contribution in [0.1, 0.15) is 13.3 Å². The molecule has 2 atom stereocenters. The summed E-state index contributed by atoms with van der Waals surface area (Å²) in [5.41, 5.74) is 0. The Morgan fingerprint density at radius 1 is 1.80 bits per heavy atom. The quantitative estimate of drug-likeness (QED) is 0.331. The fourth-order valence-corrected chi connectivity index (χ4v) is 1.53. The van der Waals surface area contributed by atoms with E-state index in [0.29, 0.717) is 6.61 Å². The molecule has 2 unspecified atom stereocenters. The standard InChI is InChI=1S/C5H8NO3P/c1-5-2-3-8-10(9-5)6-4-7/h5H,2-3H2,1H3. The maximum Gasteiger partial charge on any atom is 0.321 e. The molecule has 0 radical (unpaired) electrons. The molecule has 0 aliphatic carbocycles. The van der Waals surface area contributed by atoms with Gasteiger partial charge >= 0.3 is 8.53 Å². The molecule has 5 heteroatoms. The predicted molar refractivity (Wildman–Crippen MR) is 36.2 cm³/mol. The van der Waals surface area contributed by atoms with Crippen LogP contribution < -0.4 is 0 Å². The van der Waals surface area contributed by atoms with Gasteiger partial charge in [-0.05, 0) is 13.3 Å². The second-order valence-electron chi connectivity index (χ2n) is 1.97. The van der Waals surface area contributed by atoms with E-state index in [4.69, 9.17) is 9.05 Å². The van der Waals surface area contributed by atoms with Gasteiger partial charge in [-0.25, -0.2) is 4.79 Å². The van der Waals surface area contributed by atoms with Crippen LogP contribution in [0, 0.1) is 0 Å². The molecule has 10 heavy (non-hydrogen) atoms. The predicted octanol–water partition coefficient (Wildman–Crippen LogP) is 1.37. The van der Waals surface area contributed by atoms with Gasteiger partial charge in [-0.3, -0.25) is 0 Å². The molecule has 0 bridgehead atoms. The van der Waals surface area contributed by atoms with E-state index >= 15 is 0 Å². The average molecular weight is 161 g/mol. The van der Waals surface area contributed by atoms with Crippen molar-refractivity contribution in [1.82, 2.24) is 0 Å². The van der Waals surface area contributed by atoms with Gasteiger partial charge in [0.2, 0.25) is 6.08 Å². The Labute approximate surface area is 60.2 Å². The van der Waals surface area contributed by atoms with E-state index in [2.05, 4.69) is 4.76 Å². The van der Waals surface area contributed by atoms with Crippen molar-refractivity contribution >= 4 is 14.6 Å². The number of nitrogens with zero attached hydrogens (tertiary/aromatic N) is 1. The van der Waals surface area contributed by atoms with Crippen LogP contribution in [0.5, 0.6) is 0 Å². The highest BCUT2D eigenvalue weighted by Gasteiger charge is 2.19. The van der Waals surface area contributed by atoms with Gasteiger partial charge in [-0.15, -0.1) is 4.76 Å². The first kappa shape index (κ1) is 7.83. The third kappa shape index (κ3) is 2.16. The summed E-state index contributed by atoms with van der Waals surface area (Å²) < 4.78 is 13.5. The van der Waals surface area contributed by atoms with E-state index < -0.39 is 8.53 Å². The summed E-state index contributed by atoms with van der Waals surface area (Å²) in [7, 11) is -1.31. The highest BCUT2D eigenvalue weighted by Crippen LogP contribution is 2.44. The van der Waals surface area contributed by atoms with Crippen molar-refractivity contribution in [1.29, 1.82) is 0 Å². The lowest BCUT2D eigenvalue weighted by Crippen LogP contribution is -2.13.